The van der Waals surface area contributed by atoms with E-state index in [4.69, 9.17) is 4.74 Å². The fourth-order valence-corrected chi connectivity index (χ4v) is 2.41. The number of rotatable bonds is 4. The predicted octanol–water partition coefficient (Wildman–Crippen LogP) is 2.96. The molecule has 0 unspecified atom stereocenters. The number of benzene rings is 1. The first-order chi connectivity index (χ1) is 9.46. The van der Waals surface area contributed by atoms with E-state index >= 15 is 0 Å². The normalized spacial score (nSPS) is 14.1. The molecular weight excluding hydrogens is 252 g/mol. The number of ether oxygens (including phenoxy) is 1. The maximum Gasteiger partial charge on any atom is 0.407 e. The summed E-state index contributed by atoms with van der Waals surface area (Å²) in [7, 11) is 0. The Bertz CT molecular complexity index is 466. The van der Waals surface area contributed by atoms with E-state index in [-0.39, 0.29) is 6.09 Å². The molecule has 0 atom stereocenters. The zero-order valence-corrected chi connectivity index (χ0v) is 12.6. The second-order valence-electron chi connectivity index (χ2n) is 6.15. The van der Waals surface area contributed by atoms with Crippen LogP contribution in [0.15, 0.2) is 24.3 Å². The van der Waals surface area contributed by atoms with Crippen LogP contribution in [-0.2, 0) is 11.2 Å². The van der Waals surface area contributed by atoms with Gasteiger partial charge >= 0.3 is 6.09 Å². The van der Waals surface area contributed by atoms with Crippen molar-refractivity contribution in [2.45, 2.75) is 39.2 Å². The lowest BCUT2D eigenvalue weighted by Crippen LogP contribution is -2.34. The number of anilines is 1. The second-order valence-corrected chi connectivity index (χ2v) is 6.15. The molecule has 2 rings (SSSR count). The molecular formula is C16H24N2O2. The Balaban J connectivity index is 1.69. The largest absolute Gasteiger partial charge is 0.444 e. The van der Waals surface area contributed by atoms with Crippen LogP contribution in [0.5, 0.6) is 0 Å². The Morgan fingerprint density at radius 2 is 2.10 bits per heavy atom. The summed E-state index contributed by atoms with van der Waals surface area (Å²) in [5.41, 5.74) is 2.33. The van der Waals surface area contributed by atoms with Gasteiger partial charge in [-0.15, -0.1) is 0 Å². The Morgan fingerprint density at radius 1 is 1.35 bits per heavy atom. The highest BCUT2D eigenvalue weighted by atomic mass is 16.6. The van der Waals surface area contributed by atoms with Crippen molar-refractivity contribution in [2.24, 2.45) is 0 Å². The lowest BCUT2D eigenvalue weighted by Gasteiger charge is -2.21. The summed E-state index contributed by atoms with van der Waals surface area (Å²) < 4.78 is 5.20. The lowest BCUT2D eigenvalue weighted by molar-refractivity contribution is 0.0527. The highest BCUT2D eigenvalue weighted by Crippen LogP contribution is 2.27. The van der Waals surface area contributed by atoms with E-state index < -0.39 is 5.60 Å². The van der Waals surface area contributed by atoms with Crippen molar-refractivity contribution >= 4 is 11.8 Å². The Morgan fingerprint density at radius 3 is 2.85 bits per heavy atom. The molecule has 1 aromatic rings. The van der Waals surface area contributed by atoms with Crippen LogP contribution >= 0.6 is 0 Å². The molecule has 0 aliphatic carbocycles. The summed E-state index contributed by atoms with van der Waals surface area (Å²) in [4.78, 5) is 13.9. The number of para-hydroxylation sites is 1. The standard InChI is InChI=1S/C16H24N2O2/c1-16(2,3)20-15(19)17-10-6-11-18-12-9-13-7-4-5-8-14(13)18/h4-5,7-8H,6,9-12H2,1-3H3,(H,17,19). The number of hydrogen-bond acceptors (Lipinski definition) is 3. The van der Waals surface area contributed by atoms with Crippen LogP contribution < -0.4 is 10.2 Å². The molecule has 1 amide bonds. The number of alkyl carbamates (subject to hydrolysis) is 1. The number of nitrogens with one attached hydrogen (secondary N) is 1. The lowest BCUT2D eigenvalue weighted by atomic mass is 10.2. The topological polar surface area (TPSA) is 41.6 Å². The van der Waals surface area contributed by atoms with Gasteiger partial charge in [0.05, 0.1) is 0 Å². The number of hydrogen-bond donors (Lipinski definition) is 1. The van der Waals surface area contributed by atoms with Gasteiger partial charge in [0.1, 0.15) is 5.60 Å². The Kier molecular flexibility index (Phi) is 4.53. The summed E-state index contributed by atoms with van der Waals surface area (Å²) in [6, 6.07) is 8.53. The van der Waals surface area contributed by atoms with Crippen molar-refractivity contribution < 1.29 is 9.53 Å². The van der Waals surface area contributed by atoms with E-state index in [2.05, 4.69) is 34.5 Å². The third-order valence-corrected chi connectivity index (χ3v) is 3.26. The number of carbonyl (C=O) groups excluding carboxylic acids is 1. The van der Waals surface area contributed by atoms with Gasteiger partial charge in [-0.2, -0.15) is 0 Å². The average Bonchev–Trinajstić information content (AvgIpc) is 2.76. The van der Waals surface area contributed by atoms with Crippen LogP contribution in [0.25, 0.3) is 0 Å². The average molecular weight is 276 g/mol. The van der Waals surface area contributed by atoms with E-state index in [0.29, 0.717) is 6.54 Å². The maximum absolute atomic E-state index is 11.5. The third kappa shape index (κ3) is 4.15. The van der Waals surface area contributed by atoms with Crippen LogP contribution in [0.3, 0.4) is 0 Å². The highest BCUT2D eigenvalue weighted by Gasteiger charge is 2.18. The van der Waals surface area contributed by atoms with Gasteiger partial charge in [-0.1, -0.05) is 18.2 Å². The third-order valence-electron chi connectivity index (χ3n) is 3.26. The van der Waals surface area contributed by atoms with Crippen molar-refractivity contribution in [3.8, 4) is 0 Å². The minimum Gasteiger partial charge on any atom is -0.444 e. The maximum atomic E-state index is 11.5. The van der Waals surface area contributed by atoms with Gasteiger partial charge in [0.15, 0.2) is 0 Å². The molecule has 0 radical (unpaired) electrons. The molecule has 0 aromatic heterocycles. The summed E-state index contributed by atoms with van der Waals surface area (Å²) >= 11 is 0. The van der Waals surface area contributed by atoms with Crippen LogP contribution in [0.1, 0.15) is 32.8 Å². The van der Waals surface area contributed by atoms with Gasteiger partial charge in [-0.25, -0.2) is 4.79 Å². The molecule has 1 aromatic carbocycles. The van der Waals surface area contributed by atoms with Crippen LogP contribution in [-0.4, -0.2) is 31.3 Å². The summed E-state index contributed by atoms with van der Waals surface area (Å²) in [6.07, 6.45) is 1.71. The van der Waals surface area contributed by atoms with Gasteiger partial charge in [0.2, 0.25) is 0 Å². The molecule has 0 bridgehead atoms. The molecule has 1 heterocycles. The van der Waals surface area contributed by atoms with E-state index in [1.54, 1.807) is 0 Å². The number of amides is 1. The molecule has 110 valence electrons. The molecule has 1 N–H and O–H groups in total. The first-order valence-corrected chi connectivity index (χ1v) is 7.25. The number of fused-ring (bicyclic) bond motifs is 1. The summed E-state index contributed by atoms with van der Waals surface area (Å²) in [6.45, 7) is 8.29. The molecule has 0 spiro atoms. The van der Waals surface area contributed by atoms with Gasteiger partial charge in [-0.05, 0) is 45.2 Å². The van der Waals surface area contributed by atoms with Crippen molar-refractivity contribution in [3.05, 3.63) is 29.8 Å². The Labute approximate surface area is 121 Å². The Hall–Kier alpha value is -1.71. The SMILES string of the molecule is CC(C)(C)OC(=O)NCCCN1CCc2ccccc21. The minimum atomic E-state index is -0.433. The summed E-state index contributed by atoms with van der Waals surface area (Å²) in [5, 5.41) is 2.80. The fourth-order valence-electron chi connectivity index (χ4n) is 2.41. The van der Waals surface area contributed by atoms with E-state index in [9.17, 15) is 4.79 Å². The minimum absolute atomic E-state index is 0.334. The van der Waals surface area contributed by atoms with Gasteiger partial charge in [-0.3, -0.25) is 0 Å². The van der Waals surface area contributed by atoms with Crippen LogP contribution in [0, 0.1) is 0 Å². The molecule has 1 aliphatic heterocycles. The second kappa shape index (κ2) is 6.16. The van der Waals surface area contributed by atoms with Crippen molar-refractivity contribution in [3.63, 3.8) is 0 Å². The zero-order valence-electron chi connectivity index (χ0n) is 12.6. The monoisotopic (exact) mass is 276 g/mol. The van der Waals surface area contributed by atoms with Crippen molar-refractivity contribution in [2.75, 3.05) is 24.5 Å². The quantitative estimate of drug-likeness (QED) is 0.860. The van der Waals surface area contributed by atoms with Gasteiger partial charge in [0, 0.05) is 25.3 Å². The number of nitrogens with zero attached hydrogens (tertiary/aromatic N) is 1. The first-order valence-electron chi connectivity index (χ1n) is 7.25. The zero-order chi connectivity index (χ0) is 14.6. The highest BCUT2D eigenvalue weighted by molar-refractivity contribution is 5.67. The van der Waals surface area contributed by atoms with E-state index in [0.717, 1.165) is 25.9 Å². The molecule has 1 aliphatic rings. The van der Waals surface area contributed by atoms with Crippen LogP contribution in [0.4, 0.5) is 10.5 Å². The smallest absolute Gasteiger partial charge is 0.407 e. The number of carbonyl (C=O) groups is 1. The van der Waals surface area contributed by atoms with Crippen molar-refractivity contribution in [1.82, 2.24) is 5.32 Å². The molecule has 4 nitrogen and oxygen atoms in total. The molecule has 0 saturated heterocycles. The summed E-state index contributed by atoms with van der Waals surface area (Å²) in [5.74, 6) is 0. The molecule has 4 heteroatoms. The van der Waals surface area contributed by atoms with Gasteiger partial charge in [0.25, 0.3) is 0 Å². The molecule has 0 fully saturated rings. The fraction of sp³-hybridized carbons (Fsp3) is 0.562. The van der Waals surface area contributed by atoms with Crippen LogP contribution in [0.2, 0.25) is 0 Å². The molecule has 20 heavy (non-hydrogen) atoms. The van der Waals surface area contributed by atoms with Crippen molar-refractivity contribution in [1.29, 1.82) is 0 Å². The van der Waals surface area contributed by atoms with E-state index in [1.165, 1.54) is 11.3 Å². The van der Waals surface area contributed by atoms with Gasteiger partial charge < -0.3 is 15.0 Å². The first kappa shape index (κ1) is 14.7. The van der Waals surface area contributed by atoms with E-state index in [1.807, 2.05) is 20.8 Å². The predicted molar refractivity (Wildman–Crippen MR) is 81.2 cm³/mol. The molecule has 0 saturated carbocycles.